The zero-order valence-electron chi connectivity index (χ0n) is 38.4. The van der Waals surface area contributed by atoms with E-state index < -0.39 is 0 Å². The molecule has 0 spiro atoms. The predicted molar refractivity (Wildman–Crippen MR) is 291 cm³/mol. The molecule has 11 aromatic rings. The molecule has 2 aliphatic rings. The Labute approximate surface area is 402 Å². The summed E-state index contributed by atoms with van der Waals surface area (Å²) in [6.07, 6.45) is 9.98. The molecule has 2 nitrogen and oxygen atoms in total. The van der Waals surface area contributed by atoms with Gasteiger partial charge in [-0.15, -0.1) is 11.3 Å². The third kappa shape index (κ3) is 6.99. The number of hydrogen-bond acceptors (Lipinski definition) is 2. The molecule has 2 aliphatic carbocycles. The molecule has 2 heterocycles. The highest BCUT2D eigenvalue weighted by Gasteiger charge is 2.24. The summed E-state index contributed by atoms with van der Waals surface area (Å²) in [7, 11) is 0. The molecular weight excluding hydrogens is 841 g/mol. The quantitative estimate of drug-likeness (QED) is 0.148. The summed E-state index contributed by atoms with van der Waals surface area (Å²) in [4.78, 5) is 2.54. The number of para-hydroxylation sites is 3. The monoisotopic (exact) mass is 892 g/mol. The van der Waals surface area contributed by atoms with E-state index >= 15 is 0 Å². The fourth-order valence-electron chi connectivity index (χ4n) is 11.8. The van der Waals surface area contributed by atoms with E-state index in [-0.39, 0.29) is 0 Å². The van der Waals surface area contributed by atoms with Crippen molar-refractivity contribution in [2.24, 2.45) is 5.92 Å². The van der Waals surface area contributed by atoms with Crippen LogP contribution in [0, 0.1) is 5.92 Å². The Kier molecular flexibility index (Phi) is 10.2. The zero-order chi connectivity index (χ0) is 45.1. The molecule has 0 N–H and O–H groups in total. The molecule has 1 saturated carbocycles. The van der Waals surface area contributed by atoms with Gasteiger partial charge in [-0.25, -0.2) is 0 Å². The average molecular weight is 893 g/mol. The largest absolute Gasteiger partial charge is 0.310 e. The molecule has 9 aromatic carbocycles. The van der Waals surface area contributed by atoms with Crippen LogP contribution in [0.2, 0.25) is 0 Å². The summed E-state index contributed by atoms with van der Waals surface area (Å²) in [6.45, 7) is 2.37. The number of nitrogens with zero attached hydrogens (tertiary/aromatic N) is 2. The van der Waals surface area contributed by atoms with Gasteiger partial charge in [0.05, 0.1) is 16.7 Å². The number of hydrogen-bond donors (Lipinski definition) is 0. The van der Waals surface area contributed by atoms with Crippen molar-refractivity contribution in [3.63, 3.8) is 0 Å². The van der Waals surface area contributed by atoms with E-state index in [1.165, 1.54) is 135 Å². The summed E-state index contributed by atoms with van der Waals surface area (Å²) in [5.74, 6) is 1.02. The Morgan fingerprint density at radius 3 is 2.03 bits per heavy atom. The van der Waals surface area contributed by atoms with Gasteiger partial charge in [-0.05, 0) is 141 Å². The Hall–Kier alpha value is -7.46. The molecule has 0 amide bonds. The zero-order valence-corrected chi connectivity index (χ0v) is 39.2. The maximum Gasteiger partial charge on any atom is 0.0547 e. The van der Waals surface area contributed by atoms with E-state index in [1.807, 2.05) is 11.3 Å². The van der Waals surface area contributed by atoms with Gasteiger partial charge in [0.2, 0.25) is 0 Å². The van der Waals surface area contributed by atoms with Gasteiger partial charge in [-0.1, -0.05) is 178 Å². The van der Waals surface area contributed by atoms with Crippen LogP contribution in [-0.2, 0) is 0 Å². The van der Waals surface area contributed by atoms with E-state index in [2.05, 4.69) is 229 Å². The minimum Gasteiger partial charge on any atom is -0.310 e. The molecule has 328 valence electrons. The maximum absolute atomic E-state index is 2.54. The minimum absolute atomic E-state index is 0.440. The number of anilines is 3. The summed E-state index contributed by atoms with van der Waals surface area (Å²) in [5.41, 5.74) is 16.2. The first-order valence-corrected chi connectivity index (χ1v) is 25.4. The lowest BCUT2D eigenvalue weighted by Gasteiger charge is -2.30. The van der Waals surface area contributed by atoms with Crippen molar-refractivity contribution in [1.82, 2.24) is 4.57 Å². The lowest BCUT2D eigenvalue weighted by molar-refractivity contribution is 0.445. The van der Waals surface area contributed by atoms with E-state index in [1.54, 1.807) is 0 Å². The number of aromatic nitrogens is 1. The van der Waals surface area contributed by atoms with Crippen molar-refractivity contribution in [2.45, 2.75) is 51.4 Å². The van der Waals surface area contributed by atoms with Crippen molar-refractivity contribution < 1.29 is 0 Å². The van der Waals surface area contributed by atoms with Gasteiger partial charge >= 0.3 is 0 Å². The van der Waals surface area contributed by atoms with Crippen LogP contribution in [0.25, 0.3) is 82.3 Å². The second-order valence-electron chi connectivity index (χ2n) is 19.1. The molecule has 13 rings (SSSR count). The highest BCUT2D eigenvalue weighted by Crippen LogP contribution is 2.47. The van der Waals surface area contributed by atoms with Gasteiger partial charge in [0.15, 0.2) is 0 Å². The van der Waals surface area contributed by atoms with Crippen LogP contribution in [0.15, 0.2) is 206 Å². The number of fused-ring (bicyclic) bond motifs is 7. The topological polar surface area (TPSA) is 8.17 Å². The van der Waals surface area contributed by atoms with Crippen LogP contribution in [-0.4, -0.2) is 4.57 Å². The van der Waals surface area contributed by atoms with Gasteiger partial charge in [0.1, 0.15) is 0 Å². The molecule has 68 heavy (non-hydrogen) atoms. The molecule has 0 aliphatic heterocycles. The van der Waals surface area contributed by atoms with Crippen LogP contribution in [0.4, 0.5) is 17.1 Å². The second-order valence-corrected chi connectivity index (χ2v) is 20.2. The van der Waals surface area contributed by atoms with Crippen molar-refractivity contribution >= 4 is 82.7 Å². The summed E-state index contributed by atoms with van der Waals surface area (Å²) >= 11 is 1.94. The molecule has 3 heteroatoms. The maximum atomic E-state index is 2.54. The standard InChI is InChI=1S/C65H52N2S/c1-43-38-58(65-59(39-43)56-30-10-13-35-63(56)68-65)48-23-15-27-51(41-48)66(60-33-11-9-29-54(60)57-32-17-21-45-20-16-31-52(64(45)57)44-18-4-2-5-19-44)50-26-14-22-46(40-50)47-36-37-55-53-28-8-12-34-61(53)67(62(55)42-47)49-24-6-3-7-25-49/h3,6-17,20-37,39-44H,2,4-5,18-19,38H2,1H3. The van der Waals surface area contributed by atoms with E-state index in [4.69, 9.17) is 0 Å². The third-order valence-electron chi connectivity index (χ3n) is 14.9. The van der Waals surface area contributed by atoms with E-state index in [0.29, 0.717) is 11.8 Å². The Bertz CT molecular complexity index is 3840. The average Bonchev–Trinajstić information content (AvgIpc) is 3.94. The van der Waals surface area contributed by atoms with Gasteiger partial charge in [-0.3, -0.25) is 0 Å². The summed E-state index contributed by atoms with van der Waals surface area (Å²) in [6, 6.07) is 77.3. The van der Waals surface area contributed by atoms with Crippen LogP contribution in [0.3, 0.4) is 0 Å². The van der Waals surface area contributed by atoms with E-state index in [9.17, 15) is 0 Å². The number of rotatable bonds is 8. The van der Waals surface area contributed by atoms with Crippen LogP contribution in [0.1, 0.15) is 62.5 Å². The molecule has 0 radical (unpaired) electrons. The molecule has 1 unspecified atom stereocenters. The van der Waals surface area contributed by atoms with Crippen molar-refractivity contribution in [2.75, 3.05) is 4.90 Å². The Morgan fingerprint density at radius 2 is 1.18 bits per heavy atom. The summed E-state index contributed by atoms with van der Waals surface area (Å²) < 4.78 is 5.18. The molecule has 1 atom stereocenters. The fourth-order valence-corrected chi connectivity index (χ4v) is 13.1. The van der Waals surface area contributed by atoms with Crippen molar-refractivity contribution in [1.29, 1.82) is 0 Å². The Morgan fingerprint density at radius 1 is 0.515 bits per heavy atom. The highest BCUT2D eigenvalue weighted by molar-refractivity contribution is 7.17. The minimum atomic E-state index is 0.440. The second kappa shape index (κ2) is 17.0. The molecule has 0 saturated heterocycles. The van der Waals surface area contributed by atoms with Crippen LogP contribution >= 0.6 is 11.3 Å². The van der Waals surface area contributed by atoms with Gasteiger partial charge in [0.25, 0.3) is 0 Å². The Balaban J connectivity index is 1.02. The lowest BCUT2D eigenvalue weighted by atomic mass is 9.80. The van der Waals surface area contributed by atoms with Crippen molar-refractivity contribution in [3.8, 4) is 27.9 Å². The first kappa shape index (κ1) is 40.8. The molecule has 0 bridgehead atoms. The van der Waals surface area contributed by atoms with Gasteiger partial charge in [0, 0.05) is 48.0 Å². The van der Waals surface area contributed by atoms with E-state index in [0.717, 1.165) is 17.8 Å². The first-order chi connectivity index (χ1) is 33.6. The van der Waals surface area contributed by atoms with Crippen LogP contribution in [0.5, 0.6) is 0 Å². The fraction of sp³-hybridized carbons (Fsp3) is 0.138. The number of thiophene rings is 1. The first-order valence-electron chi connectivity index (χ1n) is 24.6. The molecular formula is C65H52N2S. The highest BCUT2D eigenvalue weighted by atomic mass is 32.1. The van der Waals surface area contributed by atoms with Gasteiger partial charge < -0.3 is 9.47 Å². The SMILES string of the molecule is CC1C=c2c(sc3ccccc23)=C(c2cccc(N(c3cccc(-c4ccc5c6ccccc6n(-c6ccccc6)c5c4)c3)c3ccccc3-c3cccc4cccc(C5CCCCC5)c34)c2)C1. The smallest absolute Gasteiger partial charge is 0.0547 e. The van der Waals surface area contributed by atoms with Crippen molar-refractivity contribution in [3.05, 3.63) is 227 Å². The molecule has 2 aromatic heterocycles. The van der Waals surface area contributed by atoms with Gasteiger partial charge in [-0.2, -0.15) is 0 Å². The number of benzene rings is 9. The summed E-state index contributed by atoms with van der Waals surface area (Å²) in [5, 5.41) is 8.00. The molecule has 1 fully saturated rings. The lowest BCUT2D eigenvalue weighted by Crippen LogP contribution is -2.27. The third-order valence-corrected chi connectivity index (χ3v) is 16.1. The normalized spacial score (nSPS) is 15.2. The predicted octanol–water partition coefficient (Wildman–Crippen LogP) is 17.0. The van der Waals surface area contributed by atoms with Crippen LogP contribution < -0.4 is 14.7 Å².